The Bertz CT molecular complexity index is 935. The van der Waals surface area contributed by atoms with Crippen LogP contribution in [0, 0.1) is 0 Å². The van der Waals surface area contributed by atoms with Crippen LogP contribution in [0.25, 0.3) is 11.3 Å². The minimum Gasteiger partial charge on any atom is -0.334 e. The fourth-order valence-corrected chi connectivity index (χ4v) is 4.30. The van der Waals surface area contributed by atoms with E-state index in [4.69, 9.17) is 4.98 Å². The number of benzene rings is 1. The molecule has 38 heavy (non-hydrogen) atoms. The van der Waals surface area contributed by atoms with Crippen LogP contribution in [0.1, 0.15) is 126 Å². The minimum absolute atomic E-state index is 0.601. The van der Waals surface area contributed by atoms with Gasteiger partial charge in [0.25, 0.3) is 0 Å². The number of hydrogen-bond acceptors (Lipinski definition) is 1. The molecule has 2 aromatic rings. The third-order valence-electron chi connectivity index (χ3n) is 5.87. The molecule has 0 unspecified atom stereocenters. The molecule has 0 amide bonds. The van der Waals surface area contributed by atoms with Crippen LogP contribution < -0.4 is 0 Å². The van der Waals surface area contributed by atoms with Gasteiger partial charge in [0.05, 0.1) is 5.69 Å². The van der Waals surface area contributed by atoms with Crippen molar-refractivity contribution < 1.29 is 0 Å². The van der Waals surface area contributed by atoms with Crippen molar-refractivity contribution in [3.63, 3.8) is 0 Å². The molecule has 0 N–H and O–H groups in total. The molecule has 0 atom stereocenters. The fourth-order valence-electron chi connectivity index (χ4n) is 4.30. The monoisotopic (exact) mass is 520 g/mol. The molecule has 2 rings (SSSR count). The molecule has 0 spiro atoms. The van der Waals surface area contributed by atoms with Gasteiger partial charge in [0.15, 0.2) is 0 Å². The first-order chi connectivity index (χ1) is 18.3. The van der Waals surface area contributed by atoms with Gasteiger partial charge >= 0.3 is 0 Å². The summed E-state index contributed by atoms with van der Waals surface area (Å²) in [7, 11) is 0. The van der Waals surface area contributed by atoms with Crippen molar-refractivity contribution in [1.82, 2.24) is 9.55 Å². The van der Waals surface area contributed by atoms with Gasteiger partial charge in [-0.2, -0.15) is 0 Å². The van der Waals surface area contributed by atoms with Crippen LogP contribution in [0.2, 0.25) is 0 Å². The zero-order chi connectivity index (χ0) is 29.5. The Kier molecular flexibility index (Phi) is 23.2. The Morgan fingerprint density at radius 2 is 1.45 bits per heavy atom. The molecule has 0 radical (unpaired) electrons. The molecule has 2 heteroatoms. The van der Waals surface area contributed by atoms with Gasteiger partial charge in [-0.25, -0.2) is 4.98 Å². The maximum atomic E-state index is 5.00. The number of imidazole rings is 1. The summed E-state index contributed by atoms with van der Waals surface area (Å²) in [5, 5.41) is 0. The first kappa shape index (κ1) is 37.5. The van der Waals surface area contributed by atoms with Crippen LogP contribution >= 0.6 is 0 Å². The van der Waals surface area contributed by atoms with E-state index in [9.17, 15) is 0 Å². The van der Waals surface area contributed by atoms with Crippen LogP contribution in [0.5, 0.6) is 0 Å². The van der Waals surface area contributed by atoms with E-state index in [1.165, 1.54) is 53.8 Å². The van der Waals surface area contributed by atoms with Crippen molar-refractivity contribution in [2.75, 3.05) is 0 Å². The lowest BCUT2D eigenvalue weighted by molar-refractivity contribution is 0.499. The third kappa shape index (κ3) is 14.4. The van der Waals surface area contributed by atoms with Gasteiger partial charge in [0.1, 0.15) is 5.82 Å². The average Bonchev–Trinajstić information content (AvgIpc) is 3.34. The molecule has 214 valence electrons. The minimum atomic E-state index is 0.601. The van der Waals surface area contributed by atoms with E-state index in [1.807, 2.05) is 48.5 Å². The van der Waals surface area contributed by atoms with Crippen LogP contribution in [-0.4, -0.2) is 9.55 Å². The molecule has 0 saturated carbocycles. The molecule has 0 saturated heterocycles. The van der Waals surface area contributed by atoms with Crippen molar-refractivity contribution in [3.8, 4) is 11.3 Å². The maximum absolute atomic E-state index is 5.00. The molecule has 0 aliphatic rings. The molecular formula is C36H60N2. The Morgan fingerprint density at radius 1 is 0.895 bits per heavy atom. The summed E-state index contributed by atoms with van der Waals surface area (Å²) >= 11 is 0. The standard InChI is InChI=1S/C19H28N2.C13H20.2C2H6/c1-4-10-17(11-5-2)19-20-18(15-21(19)14-6-3)16-12-8-7-9-13-16;1-7-8-12(6)13(11(4)5)9-10(2)3;2*1-2/h7-9,12-13,15,17H,4-6,10-11,14H2,1-3H3;7-8H,2,4,9H2,1,3,5-6H3;2*1-2H3/b;8-7-,13-12-;;. The van der Waals surface area contributed by atoms with E-state index in [1.54, 1.807) is 0 Å². The Labute approximate surface area is 237 Å². The van der Waals surface area contributed by atoms with Gasteiger partial charge < -0.3 is 4.57 Å². The number of hydrogen-bond donors (Lipinski definition) is 0. The molecule has 0 aliphatic heterocycles. The van der Waals surface area contributed by atoms with Gasteiger partial charge in [0.2, 0.25) is 0 Å². The molecule has 1 heterocycles. The van der Waals surface area contributed by atoms with Crippen molar-refractivity contribution in [2.24, 2.45) is 0 Å². The van der Waals surface area contributed by atoms with Crippen molar-refractivity contribution in [2.45, 2.75) is 127 Å². The van der Waals surface area contributed by atoms with Crippen molar-refractivity contribution in [3.05, 3.63) is 90.0 Å². The summed E-state index contributed by atoms with van der Waals surface area (Å²) in [6, 6.07) is 10.5. The molecule has 0 aliphatic carbocycles. The number of aromatic nitrogens is 2. The number of rotatable bonds is 12. The second-order valence-corrected chi connectivity index (χ2v) is 9.39. The number of allylic oxidation sites excluding steroid dienone is 6. The smallest absolute Gasteiger partial charge is 0.112 e. The normalized spacial score (nSPS) is 10.9. The van der Waals surface area contributed by atoms with Crippen molar-refractivity contribution in [1.29, 1.82) is 0 Å². The van der Waals surface area contributed by atoms with E-state index in [0.29, 0.717) is 5.92 Å². The predicted molar refractivity (Wildman–Crippen MR) is 175 cm³/mol. The molecule has 0 fully saturated rings. The maximum Gasteiger partial charge on any atom is 0.112 e. The second-order valence-electron chi connectivity index (χ2n) is 9.39. The van der Waals surface area contributed by atoms with Gasteiger partial charge in [-0.3, -0.25) is 0 Å². The van der Waals surface area contributed by atoms with E-state index in [-0.39, 0.29) is 0 Å². The van der Waals surface area contributed by atoms with Crippen LogP contribution in [0.4, 0.5) is 0 Å². The van der Waals surface area contributed by atoms with Gasteiger partial charge in [-0.05, 0) is 64.5 Å². The molecule has 1 aromatic carbocycles. The van der Waals surface area contributed by atoms with E-state index in [2.05, 4.69) is 94.1 Å². The zero-order valence-electron chi connectivity index (χ0n) is 27.0. The van der Waals surface area contributed by atoms with E-state index in [0.717, 1.165) is 30.7 Å². The second kappa shape index (κ2) is 23.5. The SMILES string of the molecule is C=C(C)C/C(C(=C)C)=C(C)/C=C\C.CC.CC.CCCC(CCC)c1nc(-c2ccccc2)cn1CCC. The molecule has 1 aromatic heterocycles. The van der Waals surface area contributed by atoms with Crippen LogP contribution in [0.15, 0.2) is 84.1 Å². The van der Waals surface area contributed by atoms with Gasteiger partial charge in [0, 0.05) is 24.2 Å². The first-order valence-corrected chi connectivity index (χ1v) is 15.0. The van der Waals surface area contributed by atoms with E-state index < -0.39 is 0 Å². The summed E-state index contributed by atoms with van der Waals surface area (Å²) in [6.07, 6.45) is 13.4. The van der Waals surface area contributed by atoms with Crippen LogP contribution in [-0.2, 0) is 6.54 Å². The lowest BCUT2D eigenvalue weighted by Crippen LogP contribution is -2.09. The lowest BCUT2D eigenvalue weighted by atomic mass is 9.96. The average molecular weight is 521 g/mol. The summed E-state index contributed by atoms with van der Waals surface area (Å²) in [4.78, 5) is 5.00. The molecular weight excluding hydrogens is 460 g/mol. The predicted octanol–water partition coefficient (Wildman–Crippen LogP) is 12.1. The summed E-state index contributed by atoms with van der Waals surface area (Å²) in [6.45, 7) is 32.0. The summed E-state index contributed by atoms with van der Waals surface area (Å²) < 4.78 is 2.39. The zero-order valence-corrected chi connectivity index (χ0v) is 27.0. The lowest BCUT2D eigenvalue weighted by Gasteiger charge is -2.16. The Hall–Kier alpha value is -2.61. The largest absolute Gasteiger partial charge is 0.334 e. The number of nitrogens with zero attached hydrogens (tertiary/aromatic N) is 2. The summed E-state index contributed by atoms with van der Waals surface area (Å²) in [5.74, 6) is 1.89. The highest BCUT2D eigenvalue weighted by Gasteiger charge is 2.18. The topological polar surface area (TPSA) is 17.8 Å². The van der Waals surface area contributed by atoms with Gasteiger partial charge in [-0.1, -0.05) is 128 Å². The Balaban J connectivity index is 0. The van der Waals surface area contributed by atoms with Crippen molar-refractivity contribution >= 4 is 0 Å². The van der Waals surface area contributed by atoms with Crippen LogP contribution in [0.3, 0.4) is 0 Å². The summed E-state index contributed by atoms with van der Waals surface area (Å²) in [5.41, 5.74) is 7.26. The fraction of sp³-hybridized carbons (Fsp3) is 0.528. The molecule has 2 nitrogen and oxygen atoms in total. The highest BCUT2D eigenvalue weighted by molar-refractivity contribution is 5.58. The first-order valence-electron chi connectivity index (χ1n) is 15.0. The number of aryl methyl sites for hydroxylation is 1. The quantitative estimate of drug-likeness (QED) is 0.201. The van der Waals surface area contributed by atoms with Gasteiger partial charge in [-0.15, -0.1) is 0 Å². The highest BCUT2D eigenvalue weighted by Crippen LogP contribution is 2.29. The Morgan fingerprint density at radius 3 is 1.87 bits per heavy atom. The van der Waals surface area contributed by atoms with E-state index >= 15 is 0 Å². The molecule has 0 bridgehead atoms. The highest BCUT2D eigenvalue weighted by atomic mass is 15.1. The third-order valence-corrected chi connectivity index (χ3v) is 5.87.